The molecular weight excluding hydrogens is 222 g/mol. The Kier molecular flexibility index (Phi) is 2.01. The Morgan fingerprint density at radius 2 is 2.06 bits per heavy atom. The maximum absolute atomic E-state index is 12.0. The second-order valence-electron chi connectivity index (χ2n) is 5.52. The van der Waals surface area contributed by atoms with E-state index in [0.29, 0.717) is 11.8 Å². The molecule has 1 fully saturated rings. The van der Waals surface area contributed by atoms with Crippen LogP contribution in [0.15, 0.2) is 42.5 Å². The Labute approximate surface area is 106 Å². The topological polar surface area (TPSA) is 29.1 Å². The Balaban J connectivity index is 1.73. The van der Waals surface area contributed by atoms with E-state index < -0.39 is 0 Å². The van der Waals surface area contributed by atoms with Gasteiger partial charge in [-0.3, -0.25) is 4.79 Å². The van der Waals surface area contributed by atoms with Crippen molar-refractivity contribution in [3.05, 3.63) is 48.1 Å². The van der Waals surface area contributed by atoms with E-state index in [1.165, 1.54) is 12.8 Å². The van der Waals surface area contributed by atoms with Crippen LogP contribution in [0.4, 0.5) is 5.69 Å². The number of hydrogen-bond acceptors (Lipinski definition) is 1. The van der Waals surface area contributed by atoms with Crippen LogP contribution in [0.1, 0.15) is 18.4 Å². The summed E-state index contributed by atoms with van der Waals surface area (Å²) in [5.41, 5.74) is 2.89. The zero-order chi connectivity index (χ0) is 12.1. The van der Waals surface area contributed by atoms with Crippen molar-refractivity contribution in [2.45, 2.75) is 12.8 Å². The van der Waals surface area contributed by atoms with E-state index in [2.05, 4.69) is 23.5 Å². The molecule has 1 aromatic rings. The zero-order valence-corrected chi connectivity index (χ0v) is 10.1. The summed E-state index contributed by atoms with van der Waals surface area (Å²) in [5, 5.41) is 2.94. The van der Waals surface area contributed by atoms with Gasteiger partial charge >= 0.3 is 0 Å². The molecule has 3 aliphatic rings. The lowest BCUT2D eigenvalue weighted by Crippen LogP contribution is -2.08. The molecule has 1 N–H and O–H groups in total. The number of carbonyl (C=O) groups excluding carboxylic acids is 1. The Morgan fingerprint density at radius 1 is 1.17 bits per heavy atom. The van der Waals surface area contributed by atoms with Gasteiger partial charge in [-0.25, -0.2) is 0 Å². The van der Waals surface area contributed by atoms with Gasteiger partial charge in [-0.2, -0.15) is 0 Å². The zero-order valence-electron chi connectivity index (χ0n) is 10.1. The minimum atomic E-state index is 0.0583. The van der Waals surface area contributed by atoms with Crippen LogP contribution in [0.2, 0.25) is 0 Å². The van der Waals surface area contributed by atoms with Crippen molar-refractivity contribution >= 4 is 17.2 Å². The highest BCUT2D eigenvalue weighted by Gasteiger charge is 2.36. The number of carbonyl (C=O) groups is 1. The van der Waals surface area contributed by atoms with E-state index in [1.807, 2.05) is 24.3 Å². The van der Waals surface area contributed by atoms with Crippen LogP contribution >= 0.6 is 0 Å². The van der Waals surface area contributed by atoms with E-state index in [0.717, 1.165) is 22.7 Å². The molecule has 4 rings (SSSR count). The quantitative estimate of drug-likeness (QED) is 0.589. The number of rotatable bonds is 1. The van der Waals surface area contributed by atoms with Gasteiger partial charge in [0.15, 0.2) is 0 Å². The number of fused-ring (bicyclic) bond motifs is 3. The van der Waals surface area contributed by atoms with Crippen LogP contribution in [0.5, 0.6) is 0 Å². The molecule has 1 aromatic carbocycles. The van der Waals surface area contributed by atoms with Crippen molar-refractivity contribution in [3.63, 3.8) is 0 Å². The summed E-state index contributed by atoms with van der Waals surface area (Å²) < 4.78 is 0. The summed E-state index contributed by atoms with van der Waals surface area (Å²) in [6.07, 6.45) is 9.35. The highest BCUT2D eigenvalue weighted by atomic mass is 16.2. The second kappa shape index (κ2) is 3.58. The molecule has 0 saturated heterocycles. The maximum atomic E-state index is 12.0. The average molecular weight is 237 g/mol. The van der Waals surface area contributed by atoms with Gasteiger partial charge in [-0.05, 0) is 36.7 Å². The molecule has 1 saturated carbocycles. The molecule has 2 aliphatic carbocycles. The summed E-state index contributed by atoms with van der Waals surface area (Å²) in [7, 11) is 0. The molecule has 2 heteroatoms. The first-order valence-corrected chi connectivity index (χ1v) is 6.62. The Morgan fingerprint density at radius 3 is 2.83 bits per heavy atom. The third-order valence-corrected chi connectivity index (χ3v) is 4.42. The van der Waals surface area contributed by atoms with Crippen LogP contribution in [-0.4, -0.2) is 5.91 Å². The van der Waals surface area contributed by atoms with Crippen molar-refractivity contribution in [1.29, 1.82) is 0 Å². The van der Waals surface area contributed by atoms with Gasteiger partial charge in [-0.15, -0.1) is 0 Å². The molecule has 0 radical (unpaired) electrons. The number of nitrogens with one attached hydrogen (secondary N) is 1. The lowest BCUT2D eigenvalue weighted by Gasteiger charge is -2.14. The number of benzene rings is 1. The molecule has 90 valence electrons. The normalized spacial score (nSPS) is 34.1. The van der Waals surface area contributed by atoms with E-state index in [9.17, 15) is 4.79 Å². The maximum Gasteiger partial charge on any atom is 0.256 e. The lowest BCUT2D eigenvalue weighted by molar-refractivity contribution is -0.110. The molecule has 2 bridgehead atoms. The van der Waals surface area contributed by atoms with Gasteiger partial charge in [0.25, 0.3) is 5.91 Å². The molecule has 1 amide bonds. The van der Waals surface area contributed by atoms with Gasteiger partial charge < -0.3 is 5.32 Å². The molecule has 2 nitrogen and oxygen atoms in total. The third-order valence-electron chi connectivity index (χ3n) is 4.42. The summed E-state index contributed by atoms with van der Waals surface area (Å²) in [6, 6.07) is 7.95. The number of anilines is 1. The van der Waals surface area contributed by atoms with Gasteiger partial charge in [0.1, 0.15) is 0 Å². The van der Waals surface area contributed by atoms with E-state index in [1.54, 1.807) is 0 Å². The van der Waals surface area contributed by atoms with Crippen molar-refractivity contribution in [2.24, 2.45) is 17.8 Å². The summed E-state index contributed by atoms with van der Waals surface area (Å²) in [4.78, 5) is 12.0. The lowest BCUT2D eigenvalue weighted by atomic mass is 9.90. The fourth-order valence-electron chi connectivity index (χ4n) is 3.53. The molecule has 1 heterocycles. The minimum Gasteiger partial charge on any atom is -0.321 e. The van der Waals surface area contributed by atoms with Crippen LogP contribution in [-0.2, 0) is 4.79 Å². The standard InChI is InChI=1S/C16H15NO/c18-16-14(13-3-1-2-4-15(13)17-16)9-12-8-10-5-6-11(12)7-10/h1-6,9-12H,7-8H2,(H,17,18)/b14-9+/t10-,11-,12+/m0/s1. The summed E-state index contributed by atoms with van der Waals surface area (Å²) in [6.45, 7) is 0. The Bertz CT molecular complexity index is 585. The van der Waals surface area contributed by atoms with Crippen LogP contribution in [0.25, 0.3) is 5.57 Å². The second-order valence-corrected chi connectivity index (χ2v) is 5.52. The van der Waals surface area contributed by atoms with E-state index in [-0.39, 0.29) is 5.91 Å². The first-order valence-electron chi connectivity index (χ1n) is 6.62. The van der Waals surface area contributed by atoms with Crippen molar-refractivity contribution < 1.29 is 4.79 Å². The predicted molar refractivity (Wildman–Crippen MR) is 71.9 cm³/mol. The fraction of sp³-hybridized carbons (Fsp3) is 0.312. The predicted octanol–water partition coefficient (Wildman–Crippen LogP) is 3.23. The van der Waals surface area contributed by atoms with Crippen LogP contribution < -0.4 is 5.32 Å². The minimum absolute atomic E-state index is 0.0583. The molecule has 1 aliphatic heterocycles. The number of allylic oxidation sites excluding steroid dienone is 3. The van der Waals surface area contributed by atoms with E-state index in [4.69, 9.17) is 0 Å². The molecule has 0 aromatic heterocycles. The van der Waals surface area contributed by atoms with Crippen molar-refractivity contribution in [3.8, 4) is 0 Å². The summed E-state index contributed by atoms with van der Waals surface area (Å²) in [5.74, 6) is 2.01. The van der Waals surface area contributed by atoms with Gasteiger partial charge in [0.05, 0.1) is 0 Å². The number of amides is 1. The molecule has 3 atom stereocenters. The third kappa shape index (κ3) is 1.38. The van der Waals surface area contributed by atoms with Gasteiger partial charge in [-0.1, -0.05) is 36.4 Å². The number of hydrogen-bond donors (Lipinski definition) is 1. The average Bonchev–Trinajstić information content (AvgIpc) is 3.05. The smallest absolute Gasteiger partial charge is 0.256 e. The first kappa shape index (κ1) is 10.1. The van der Waals surface area contributed by atoms with Gasteiger partial charge in [0.2, 0.25) is 0 Å². The van der Waals surface area contributed by atoms with Crippen molar-refractivity contribution in [2.75, 3.05) is 5.32 Å². The first-order chi connectivity index (χ1) is 8.81. The Hall–Kier alpha value is -1.83. The van der Waals surface area contributed by atoms with Gasteiger partial charge in [0, 0.05) is 16.8 Å². The monoisotopic (exact) mass is 237 g/mol. The van der Waals surface area contributed by atoms with Crippen LogP contribution in [0, 0.1) is 17.8 Å². The highest BCUT2D eigenvalue weighted by Crippen LogP contribution is 2.45. The van der Waals surface area contributed by atoms with E-state index >= 15 is 0 Å². The van der Waals surface area contributed by atoms with Crippen molar-refractivity contribution in [1.82, 2.24) is 0 Å². The highest BCUT2D eigenvalue weighted by molar-refractivity contribution is 6.31. The molecule has 18 heavy (non-hydrogen) atoms. The SMILES string of the molecule is O=C1Nc2ccccc2/C1=C\[C@H]1C[C@H]2C=C[C@H]1C2. The summed E-state index contributed by atoms with van der Waals surface area (Å²) >= 11 is 0. The largest absolute Gasteiger partial charge is 0.321 e. The molecule has 0 spiro atoms. The fourth-order valence-corrected chi connectivity index (χ4v) is 3.53. The molecular formula is C16H15NO. The van der Waals surface area contributed by atoms with Crippen LogP contribution in [0.3, 0.4) is 0 Å². The number of para-hydroxylation sites is 1. The molecule has 0 unspecified atom stereocenters.